The van der Waals surface area contributed by atoms with Gasteiger partial charge in [-0.15, -0.1) is 11.3 Å². The Morgan fingerprint density at radius 1 is 1.20 bits per heavy atom. The molecule has 0 unspecified atom stereocenters. The Bertz CT molecular complexity index is 415. The van der Waals surface area contributed by atoms with Crippen molar-refractivity contribution in [2.45, 2.75) is 0 Å². The minimum Gasteiger partial charge on any atom is -0.512 e. The highest BCUT2D eigenvalue weighted by atomic mass is 32.1. The van der Waals surface area contributed by atoms with Crippen molar-refractivity contribution >= 4 is 18.7 Å². The van der Waals surface area contributed by atoms with E-state index in [2.05, 4.69) is 9.64 Å². The lowest BCUT2D eigenvalue weighted by atomic mass is 10.1. The predicted molar refractivity (Wildman–Crippen MR) is 58.4 cm³/mol. The van der Waals surface area contributed by atoms with Gasteiger partial charge in [0.1, 0.15) is 5.75 Å². The Balaban J connectivity index is 2.17. The largest absolute Gasteiger partial charge is 0.707 e. The summed E-state index contributed by atoms with van der Waals surface area (Å²) >= 11 is 1.53. The normalized spacial score (nSPS) is 10.0. The van der Waals surface area contributed by atoms with Crippen molar-refractivity contribution in [2.75, 3.05) is 0 Å². The summed E-state index contributed by atoms with van der Waals surface area (Å²) in [6.45, 7) is 0. The minimum atomic E-state index is -1.78. The molecule has 0 aliphatic carbocycles. The van der Waals surface area contributed by atoms with Gasteiger partial charge in [-0.05, 0) is 24.3 Å². The summed E-state index contributed by atoms with van der Waals surface area (Å²) in [5, 5.41) is 19.1. The molecule has 0 amide bonds. The molecule has 6 heteroatoms. The summed E-state index contributed by atoms with van der Waals surface area (Å²) in [5.41, 5.74) is 3.63. The second-order valence-corrected chi connectivity index (χ2v) is 3.56. The van der Waals surface area contributed by atoms with Gasteiger partial charge in [-0.25, -0.2) is 4.98 Å². The molecular formula is C9H8BNO3S. The molecule has 0 fully saturated rings. The average Bonchev–Trinajstić information content (AvgIpc) is 2.71. The van der Waals surface area contributed by atoms with Gasteiger partial charge in [0.05, 0.1) is 11.2 Å². The van der Waals surface area contributed by atoms with Crippen molar-refractivity contribution in [1.82, 2.24) is 4.98 Å². The molecule has 2 rings (SSSR count). The second-order valence-electron chi connectivity index (χ2n) is 2.84. The Morgan fingerprint density at radius 3 is 2.47 bits per heavy atom. The summed E-state index contributed by atoms with van der Waals surface area (Å²) in [7, 11) is -1.78. The fourth-order valence-corrected chi connectivity index (χ4v) is 1.74. The Kier molecular flexibility index (Phi) is 3.01. The third kappa shape index (κ3) is 2.56. The molecule has 76 valence electrons. The van der Waals surface area contributed by atoms with Crippen LogP contribution < -0.4 is 4.65 Å². The minimum absolute atomic E-state index is 0.406. The molecule has 0 aliphatic rings. The van der Waals surface area contributed by atoms with Crippen LogP contribution in [0.15, 0.2) is 35.2 Å². The third-order valence-corrected chi connectivity index (χ3v) is 2.41. The van der Waals surface area contributed by atoms with Gasteiger partial charge in [-0.3, -0.25) is 0 Å². The Labute approximate surface area is 91.0 Å². The number of benzene rings is 1. The maximum absolute atomic E-state index is 8.58. The van der Waals surface area contributed by atoms with Crippen LogP contribution in [0.25, 0.3) is 11.3 Å². The van der Waals surface area contributed by atoms with Crippen molar-refractivity contribution in [3.05, 3.63) is 35.2 Å². The van der Waals surface area contributed by atoms with Gasteiger partial charge in [0.15, 0.2) is 0 Å². The van der Waals surface area contributed by atoms with Crippen LogP contribution in [0.5, 0.6) is 5.75 Å². The average molecular weight is 221 g/mol. The van der Waals surface area contributed by atoms with Gasteiger partial charge in [0.2, 0.25) is 0 Å². The number of rotatable bonds is 3. The summed E-state index contributed by atoms with van der Waals surface area (Å²) in [6.07, 6.45) is 0. The lowest BCUT2D eigenvalue weighted by Gasteiger charge is -2.04. The van der Waals surface area contributed by atoms with Crippen LogP contribution >= 0.6 is 11.3 Å². The molecule has 0 radical (unpaired) electrons. The molecule has 0 atom stereocenters. The van der Waals surface area contributed by atoms with Gasteiger partial charge < -0.3 is 14.7 Å². The lowest BCUT2D eigenvalue weighted by Crippen LogP contribution is -2.20. The molecule has 0 bridgehead atoms. The van der Waals surface area contributed by atoms with Crippen molar-refractivity contribution in [1.29, 1.82) is 0 Å². The smallest absolute Gasteiger partial charge is 0.512 e. The van der Waals surface area contributed by atoms with Crippen molar-refractivity contribution < 1.29 is 14.7 Å². The molecule has 0 saturated heterocycles. The van der Waals surface area contributed by atoms with E-state index in [1.54, 1.807) is 17.6 Å². The van der Waals surface area contributed by atoms with Gasteiger partial charge in [0.25, 0.3) is 0 Å². The van der Waals surface area contributed by atoms with E-state index in [0.717, 1.165) is 11.3 Å². The molecule has 15 heavy (non-hydrogen) atoms. The highest BCUT2D eigenvalue weighted by Gasteiger charge is 2.10. The molecular weight excluding hydrogens is 213 g/mol. The number of aromatic nitrogens is 1. The van der Waals surface area contributed by atoms with E-state index < -0.39 is 7.32 Å². The van der Waals surface area contributed by atoms with Gasteiger partial charge in [-0.2, -0.15) is 0 Å². The molecule has 0 spiro atoms. The first-order valence-corrected chi connectivity index (χ1v) is 5.21. The predicted octanol–water partition coefficient (Wildman–Crippen LogP) is 1.16. The van der Waals surface area contributed by atoms with E-state index in [-0.39, 0.29) is 0 Å². The lowest BCUT2D eigenvalue weighted by molar-refractivity contribution is 0.288. The van der Waals surface area contributed by atoms with Crippen LogP contribution in [0, 0.1) is 0 Å². The fraction of sp³-hybridized carbons (Fsp3) is 0. The van der Waals surface area contributed by atoms with E-state index in [1.807, 2.05) is 17.5 Å². The summed E-state index contributed by atoms with van der Waals surface area (Å²) in [5.74, 6) is 0.406. The summed E-state index contributed by atoms with van der Waals surface area (Å²) in [6, 6.07) is 6.95. The van der Waals surface area contributed by atoms with Gasteiger partial charge in [-0.1, -0.05) is 0 Å². The van der Waals surface area contributed by atoms with Crippen molar-refractivity contribution in [3.8, 4) is 17.0 Å². The van der Waals surface area contributed by atoms with E-state index in [0.29, 0.717) is 5.75 Å². The highest BCUT2D eigenvalue weighted by Crippen LogP contribution is 2.21. The van der Waals surface area contributed by atoms with Crippen LogP contribution in [0.2, 0.25) is 0 Å². The summed E-state index contributed by atoms with van der Waals surface area (Å²) in [4.78, 5) is 4.16. The van der Waals surface area contributed by atoms with Gasteiger partial charge >= 0.3 is 7.32 Å². The van der Waals surface area contributed by atoms with E-state index in [9.17, 15) is 0 Å². The third-order valence-electron chi connectivity index (χ3n) is 1.82. The van der Waals surface area contributed by atoms with E-state index >= 15 is 0 Å². The van der Waals surface area contributed by atoms with Crippen molar-refractivity contribution in [2.24, 2.45) is 0 Å². The fourth-order valence-electron chi connectivity index (χ4n) is 1.18. The molecule has 1 aromatic carbocycles. The standard InChI is InChI=1S/C9H8BNO3S/c12-10(13)14-8-3-1-7(2-4-8)9-5-15-6-11-9/h1-6,12-13H. The number of hydrogen-bond donors (Lipinski definition) is 2. The maximum Gasteiger partial charge on any atom is 0.707 e. The van der Waals surface area contributed by atoms with Crippen LogP contribution in [-0.4, -0.2) is 22.4 Å². The number of hydrogen-bond acceptors (Lipinski definition) is 5. The first-order chi connectivity index (χ1) is 7.25. The first kappa shape index (κ1) is 10.2. The molecule has 2 N–H and O–H groups in total. The monoisotopic (exact) mass is 221 g/mol. The van der Waals surface area contributed by atoms with Gasteiger partial charge in [0, 0.05) is 10.9 Å². The zero-order chi connectivity index (χ0) is 10.7. The zero-order valence-electron chi connectivity index (χ0n) is 7.70. The molecule has 4 nitrogen and oxygen atoms in total. The first-order valence-electron chi connectivity index (χ1n) is 4.27. The molecule has 2 aromatic rings. The Hall–Kier alpha value is -1.37. The molecule has 1 aromatic heterocycles. The zero-order valence-corrected chi connectivity index (χ0v) is 8.52. The second kappa shape index (κ2) is 4.44. The summed E-state index contributed by atoms with van der Waals surface area (Å²) < 4.78 is 4.68. The van der Waals surface area contributed by atoms with E-state index in [4.69, 9.17) is 10.0 Å². The van der Waals surface area contributed by atoms with Crippen LogP contribution in [0.3, 0.4) is 0 Å². The SMILES string of the molecule is OB(O)Oc1ccc(-c2cscn2)cc1. The molecule has 0 aliphatic heterocycles. The molecule has 0 saturated carbocycles. The van der Waals surface area contributed by atoms with Crippen LogP contribution in [0.4, 0.5) is 0 Å². The highest BCUT2D eigenvalue weighted by molar-refractivity contribution is 7.07. The molecule has 1 heterocycles. The van der Waals surface area contributed by atoms with Crippen molar-refractivity contribution in [3.63, 3.8) is 0 Å². The van der Waals surface area contributed by atoms with E-state index in [1.165, 1.54) is 11.3 Å². The maximum atomic E-state index is 8.58. The number of nitrogens with zero attached hydrogens (tertiary/aromatic N) is 1. The topological polar surface area (TPSA) is 62.6 Å². The van der Waals surface area contributed by atoms with Crippen LogP contribution in [0.1, 0.15) is 0 Å². The quantitative estimate of drug-likeness (QED) is 0.763. The number of thiazole rings is 1. The Morgan fingerprint density at radius 2 is 1.93 bits per heavy atom. The van der Waals surface area contributed by atoms with Crippen LogP contribution in [-0.2, 0) is 0 Å².